The van der Waals surface area contributed by atoms with Crippen LogP contribution in [0.25, 0.3) is 11.0 Å². The zero-order valence-electron chi connectivity index (χ0n) is 10.3. The van der Waals surface area contributed by atoms with Crippen molar-refractivity contribution in [3.05, 3.63) is 40.1 Å². The number of fused-ring (bicyclic) bond motifs is 1. The number of aromatic amines is 1. The number of carbonyl (C=O) groups is 1. The smallest absolute Gasteiger partial charge is 0.345 e. The van der Waals surface area contributed by atoms with Crippen LogP contribution in [0.4, 0.5) is 5.69 Å². The van der Waals surface area contributed by atoms with Crippen LogP contribution >= 0.6 is 23.1 Å². The number of thiophene rings is 1. The molecule has 102 valence electrons. The number of aromatic nitrogens is 2. The molecule has 20 heavy (non-hydrogen) atoms. The van der Waals surface area contributed by atoms with Gasteiger partial charge in [-0.05, 0) is 30.3 Å². The third kappa shape index (κ3) is 2.63. The number of carboxylic acids is 1. The molecule has 0 aliphatic rings. The highest BCUT2D eigenvalue weighted by Crippen LogP contribution is 2.27. The number of nitrogens with zero attached hydrogens (tertiary/aromatic N) is 1. The summed E-state index contributed by atoms with van der Waals surface area (Å²) in [6, 6.07) is 9.00. The zero-order chi connectivity index (χ0) is 14.1. The van der Waals surface area contributed by atoms with E-state index in [1.54, 1.807) is 17.8 Å². The van der Waals surface area contributed by atoms with Crippen molar-refractivity contribution in [2.45, 2.75) is 10.9 Å². The first-order valence-corrected chi connectivity index (χ1v) is 7.62. The molecule has 0 atom stereocenters. The average Bonchev–Trinajstić information content (AvgIpc) is 3.01. The number of carboxylic acid groups (broad SMARTS) is 1. The largest absolute Gasteiger partial charge is 0.477 e. The van der Waals surface area contributed by atoms with E-state index in [0.29, 0.717) is 16.3 Å². The molecule has 5 nitrogen and oxygen atoms in total. The van der Waals surface area contributed by atoms with Gasteiger partial charge < -0.3 is 15.8 Å². The van der Waals surface area contributed by atoms with Crippen LogP contribution in [0.2, 0.25) is 0 Å². The van der Waals surface area contributed by atoms with Crippen molar-refractivity contribution >= 4 is 45.8 Å². The molecular formula is C13H11N3O2S2. The lowest BCUT2D eigenvalue weighted by molar-refractivity contribution is 0.0702. The van der Waals surface area contributed by atoms with Gasteiger partial charge in [0.2, 0.25) is 0 Å². The van der Waals surface area contributed by atoms with Gasteiger partial charge in [0.1, 0.15) is 4.88 Å². The van der Waals surface area contributed by atoms with E-state index < -0.39 is 5.97 Å². The van der Waals surface area contributed by atoms with Gasteiger partial charge in [0.05, 0.1) is 11.0 Å². The molecule has 0 fully saturated rings. The Balaban J connectivity index is 1.74. The molecule has 2 aromatic heterocycles. The molecule has 2 heterocycles. The van der Waals surface area contributed by atoms with Gasteiger partial charge in [0.25, 0.3) is 0 Å². The second-order valence-corrected chi connectivity index (χ2v) is 6.31. The highest BCUT2D eigenvalue weighted by atomic mass is 32.2. The van der Waals surface area contributed by atoms with Gasteiger partial charge in [0.15, 0.2) is 5.16 Å². The summed E-state index contributed by atoms with van der Waals surface area (Å²) in [4.78, 5) is 19.8. The normalized spacial score (nSPS) is 11.0. The molecule has 0 bridgehead atoms. The maximum absolute atomic E-state index is 10.8. The molecule has 0 unspecified atom stereocenters. The fourth-order valence-corrected chi connectivity index (χ4v) is 3.56. The second-order valence-electron chi connectivity index (χ2n) is 4.18. The van der Waals surface area contributed by atoms with Crippen molar-refractivity contribution in [2.24, 2.45) is 0 Å². The molecule has 1 aromatic carbocycles. The number of H-pyrrole nitrogens is 1. The van der Waals surface area contributed by atoms with E-state index in [-0.39, 0.29) is 0 Å². The highest BCUT2D eigenvalue weighted by molar-refractivity contribution is 7.98. The molecule has 3 rings (SSSR count). The van der Waals surface area contributed by atoms with Crippen LogP contribution in [-0.4, -0.2) is 21.0 Å². The Kier molecular flexibility index (Phi) is 3.37. The quantitative estimate of drug-likeness (QED) is 0.508. The van der Waals surface area contributed by atoms with Crippen LogP contribution in [0.3, 0.4) is 0 Å². The summed E-state index contributed by atoms with van der Waals surface area (Å²) in [5.41, 5.74) is 8.20. The summed E-state index contributed by atoms with van der Waals surface area (Å²) in [7, 11) is 0. The van der Waals surface area contributed by atoms with Crippen LogP contribution in [0.15, 0.2) is 35.5 Å². The highest BCUT2D eigenvalue weighted by Gasteiger charge is 2.08. The van der Waals surface area contributed by atoms with Crippen molar-refractivity contribution in [1.82, 2.24) is 9.97 Å². The number of hydrogen-bond donors (Lipinski definition) is 3. The van der Waals surface area contributed by atoms with Gasteiger partial charge in [0, 0.05) is 16.3 Å². The number of aromatic carboxylic acids is 1. The maximum atomic E-state index is 10.8. The number of nitrogens with one attached hydrogen (secondary N) is 1. The Morgan fingerprint density at radius 2 is 2.25 bits per heavy atom. The standard InChI is InChI=1S/C13H11N3O2S2/c14-7-1-3-9-10(5-7)16-13(15-9)19-6-8-2-4-11(20-8)12(17)18/h1-5H,6,14H2,(H,15,16)(H,17,18). The molecule has 0 spiro atoms. The lowest BCUT2D eigenvalue weighted by Crippen LogP contribution is -1.89. The van der Waals surface area contributed by atoms with E-state index in [1.165, 1.54) is 11.3 Å². The molecular weight excluding hydrogens is 294 g/mol. The molecule has 0 amide bonds. The van der Waals surface area contributed by atoms with E-state index in [1.807, 2.05) is 24.3 Å². The Hall–Kier alpha value is -1.99. The van der Waals surface area contributed by atoms with Gasteiger partial charge in [-0.3, -0.25) is 0 Å². The Labute approximate surface area is 122 Å². The predicted octanol–water partition coefficient (Wildman–Crippen LogP) is 3.20. The summed E-state index contributed by atoms with van der Waals surface area (Å²) in [5, 5.41) is 9.68. The van der Waals surface area contributed by atoms with Crippen molar-refractivity contribution in [3.8, 4) is 0 Å². The van der Waals surface area contributed by atoms with Crippen LogP contribution in [0.1, 0.15) is 14.5 Å². The van der Waals surface area contributed by atoms with Gasteiger partial charge >= 0.3 is 5.97 Å². The third-order valence-corrected chi connectivity index (χ3v) is 4.89. The van der Waals surface area contributed by atoms with Gasteiger partial charge in [-0.2, -0.15) is 0 Å². The number of thioether (sulfide) groups is 1. The second kappa shape index (κ2) is 5.18. The van der Waals surface area contributed by atoms with E-state index >= 15 is 0 Å². The van der Waals surface area contributed by atoms with E-state index in [0.717, 1.165) is 21.1 Å². The number of benzene rings is 1. The van der Waals surface area contributed by atoms with Crippen molar-refractivity contribution in [2.75, 3.05) is 5.73 Å². The minimum atomic E-state index is -0.884. The summed E-state index contributed by atoms with van der Waals surface area (Å²) in [5.74, 6) is -0.196. The predicted molar refractivity (Wildman–Crippen MR) is 81.3 cm³/mol. The van der Waals surface area contributed by atoms with Gasteiger partial charge in [-0.15, -0.1) is 11.3 Å². The molecule has 0 aliphatic heterocycles. The maximum Gasteiger partial charge on any atom is 0.345 e. The topological polar surface area (TPSA) is 92.0 Å². The summed E-state index contributed by atoms with van der Waals surface area (Å²) >= 11 is 2.83. The van der Waals surface area contributed by atoms with Crippen LogP contribution in [0, 0.1) is 0 Å². The Morgan fingerprint density at radius 3 is 3.00 bits per heavy atom. The minimum absolute atomic E-state index is 0.359. The van der Waals surface area contributed by atoms with E-state index in [4.69, 9.17) is 10.8 Å². The Morgan fingerprint density at radius 1 is 1.40 bits per heavy atom. The first-order valence-electron chi connectivity index (χ1n) is 5.82. The van der Waals surface area contributed by atoms with Crippen molar-refractivity contribution in [1.29, 1.82) is 0 Å². The van der Waals surface area contributed by atoms with Crippen molar-refractivity contribution in [3.63, 3.8) is 0 Å². The fourth-order valence-electron chi connectivity index (χ4n) is 1.78. The molecule has 7 heteroatoms. The summed E-state index contributed by atoms with van der Waals surface area (Å²) in [6.45, 7) is 0. The number of nitrogen functional groups attached to an aromatic ring is 1. The van der Waals surface area contributed by atoms with E-state index in [2.05, 4.69) is 9.97 Å². The number of rotatable bonds is 4. The minimum Gasteiger partial charge on any atom is -0.477 e. The number of anilines is 1. The van der Waals surface area contributed by atoms with Crippen LogP contribution < -0.4 is 5.73 Å². The Bertz CT molecular complexity index is 779. The molecule has 4 N–H and O–H groups in total. The zero-order valence-corrected chi connectivity index (χ0v) is 11.9. The third-order valence-electron chi connectivity index (χ3n) is 2.71. The lowest BCUT2D eigenvalue weighted by atomic mass is 10.3. The summed E-state index contributed by atoms with van der Waals surface area (Å²) < 4.78 is 0. The number of hydrogen-bond acceptors (Lipinski definition) is 5. The molecule has 0 saturated carbocycles. The van der Waals surface area contributed by atoms with Gasteiger partial charge in [-0.1, -0.05) is 11.8 Å². The van der Waals surface area contributed by atoms with E-state index in [9.17, 15) is 4.79 Å². The first-order chi connectivity index (χ1) is 9.61. The number of imidazole rings is 1. The van der Waals surface area contributed by atoms with Crippen LogP contribution in [-0.2, 0) is 5.75 Å². The fraction of sp³-hybridized carbons (Fsp3) is 0.0769. The lowest BCUT2D eigenvalue weighted by Gasteiger charge is -1.93. The molecule has 0 aliphatic carbocycles. The molecule has 0 radical (unpaired) electrons. The van der Waals surface area contributed by atoms with Gasteiger partial charge in [-0.25, -0.2) is 9.78 Å². The van der Waals surface area contributed by atoms with Crippen molar-refractivity contribution < 1.29 is 9.90 Å². The van der Waals surface area contributed by atoms with Crippen LogP contribution in [0.5, 0.6) is 0 Å². The molecule has 0 saturated heterocycles. The first kappa shape index (κ1) is 13.0. The average molecular weight is 305 g/mol. The number of nitrogens with two attached hydrogens (primary N) is 1. The SMILES string of the molecule is Nc1ccc2nc(SCc3ccc(C(=O)O)s3)[nH]c2c1. The summed E-state index contributed by atoms with van der Waals surface area (Å²) in [6.07, 6.45) is 0. The molecule has 3 aromatic rings. The monoisotopic (exact) mass is 305 g/mol.